The molecular weight excluding hydrogens is 357 g/mol. The molecule has 2 unspecified atom stereocenters. The van der Waals surface area contributed by atoms with Gasteiger partial charge in [0.15, 0.2) is 0 Å². The summed E-state index contributed by atoms with van der Waals surface area (Å²) in [5.41, 5.74) is 0.480. The number of thiophene rings is 1. The highest BCUT2D eigenvalue weighted by molar-refractivity contribution is 9.09. The van der Waals surface area contributed by atoms with Gasteiger partial charge >= 0.3 is 0 Å². The Morgan fingerprint density at radius 3 is 2.78 bits per heavy atom. The normalized spacial score (nSPS) is 23.9. The lowest BCUT2D eigenvalue weighted by molar-refractivity contribution is 0.0945. The quantitative estimate of drug-likeness (QED) is 0.765. The first kappa shape index (κ1) is 14.6. The molecule has 0 spiro atoms. The van der Waals surface area contributed by atoms with Crippen LogP contribution in [0.15, 0.2) is 6.07 Å². The number of alkyl halides is 1. The monoisotopic (exact) mass is 369 g/mol. The van der Waals surface area contributed by atoms with Crippen molar-refractivity contribution in [3.63, 3.8) is 0 Å². The second kappa shape index (κ2) is 6.60. The van der Waals surface area contributed by atoms with E-state index in [1.807, 2.05) is 0 Å². The van der Waals surface area contributed by atoms with E-state index in [9.17, 15) is 4.79 Å². The first-order valence-corrected chi connectivity index (χ1v) is 8.44. The molecule has 0 bridgehead atoms. The Labute approximate surface area is 129 Å². The van der Waals surface area contributed by atoms with Crippen LogP contribution in [0.25, 0.3) is 0 Å². The van der Waals surface area contributed by atoms with Crippen molar-refractivity contribution in [2.45, 2.75) is 30.5 Å². The topological polar surface area (TPSA) is 29.1 Å². The molecule has 18 heavy (non-hydrogen) atoms. The molecule has 1 aliphatic carbocycles. The van der Waals surface area contributed by atoms with Gasteiger partial charge in [0, 0.05) is 11.4 Å². The molecule has 1 heterocycles. The summed E-state index contributed by atoms with van der Waals surface area (Å²) >= 11 is 16.7. The van der Waals surface area contributed by atoms with Gasteiger partial charge in [0.05, 0.1) is 9.90 Å². The van der Waals surface area contributed by atoms with Crippen LogP contribution in [0.3, 0.4) is 0 Å². The molecule has 0 aromatic carbocycles. The lowest BCUT2D eigenvalue weighted by Crippen LogP contribution is -2.34. The fourth-order valence-corrected chi connectivity index (χ4v) is 4.44. The predicted molar refractivity (Wildman–Crippen MR) is 81.3 cm³/mol. The number of halogens is 3. The summed E-state index contributed by atoms with van der Waals surface area (Å²) in [5, 5.41) is 2.95. The molecular formula is C12H14BrCl2NOS. The van der Waals surface area contributed by atoms with Crippen LogP contribution in [0.1, 0.15) is 36.0 Å². The number of nitrogens with one attached hydrogen (secondary N) is 1. The Hall–Kier alpha value is 0.230. The van der Waals surface area contributed by atoms with Crippen molar-refractivity contribution in [1.82, 2.24) is 5.32 Å². The van der Waals surface area contributed by atoms with Gasteiger partial charge < -0.3 is 5.32 Å². The van der Waals surface area contributed by atoms with Crippen LogP contribution in [0, 0.1) is 5.92 Å². The van der Waals surface area contributed by atoms with E-state index in [0.29, 0.717) is 31.5 Å². The Morgan fingerprint density at radius 2 is 2.17 bits per heavy atom. The zero-order chi connectivity index (χ0) is 13.1. The second-order valence-corrected chi connectivity index (χ2v) is 7.97. The fraction of sp³-hybridized carbons (Fsp3) is 0.583. The van der Waals surface area contributed by atoms with Crippen LogP contribution in [-0.2, 0) is 0 Å². The van der Waals surface area contributed by atoms with Crippen LogP contribution >= 0.6 is 50.5 Å². The van der Waals surface area contributed by atoms with E-state index in [4.69, 9.17) is 23.2 Å². The van der Waals surface area contributed by atoms with Crippen molar-refractivity contribution in [3.05, 3.63) is 20.3 Å². The molecule has 1 N–H and O–H groups in total. The number of rotatable bonds is 3. The van der Waals surface area contributed by atoms with Crippen LogP contribution in [0.5, 0.6) is 0 Å². The molecule has 1 aliphatic rings. The lowest BCUT2D eigenvalue weighted by atomic mass is 9.89. The number of carbonyl (C=O) groups is 1. The number of carbonyl (C=O) groups excluding carboxylic acids is 1. The van der Waals surface area contributed by atoms with E-state index < -0.39 is 0 Å². The van der Waals surface area contributed by atoms with Gasteiger partial charge in [-0.2, -0.15) is 0 Å². The predicted octanol–water partition coefficient (Wildman–Crippen LogP) is 4.74. The molecule has 2 rings (SSSR count). The maximum Gasteiger partial charge on any atom is 0.253 e. The standard InChI is InChI=1S/C12H14BrCl2NOS/c13-9-4-2-1-3-7(9)6-16-12(17)8-5-10(14)18-11(8)15/h5,7,9H,1-4,6H2,(H,16,17). The van der Waals surface area contributed by atoms with Crippen molar-refractivity contribution < 1.29 is 4.79 Å². The van der Waals surface area contributed by atoms with E-state index in [1.54, 1.807) is 6.07 Å². The Balaban J connectivity index is 1.90. The van der Waals surface area contributed by atoms with E-state index in [1.165, 1.54) is 30.6 Å². The van der Waals surface area contributed by atoms with Crippen molar-refractivity contribution in [1.29, 1.82) is 0 Å². The summed E-state index contributed by atoms with van der Waals surface area (Å²) in [6, 6.07) is 1.62. The first-order chi connectivity index (χ1) is 8.58. The smallest absolute Gasteiger partial charge is 0.253 e. The van der Waals surface area contributed by atoms with E-state index in [2.05, 4.69) is 21.2 Å². The average Bonchev–Trinajstić information content (AvgIpc) is 2.67. The van der Waals surface area contributed by atoms with Gasteiger partial charge in [-0.05, 0) is 24.8 Å². The van der Waals surface area contributed by atoms with E-state index in [-0.39, 0.29) is 5.91 Å². The molecule has 2 atom stereocenters. The minimum atomic E-state index is -0.131. The fourth-order valence-electron chi connectivity index (χ4n) is 2.21. The summed E-state index contributed by atoms with van der Waals surface area (Å²) in [5.74, 6) is 0.379. The van der Waals surface area contributed by atoms with Crippen LogP contribution < -0.4 is 5.32 Å². The van der Waals surface area contributed by atoms with Crippen LogP contribution in [0.4, 0.5) is 0 Å². The molecule has 1 amide bonds. The summed E-state index contributed by atoms with van der Waals surface area (Å²) in [4.78, 5) is 12.5. The molecule has 0 aliphatic heterocycles. The minimum absolute atomic E-state index is 0.131. The van der Waals surface area contributed by atoms with Gasteiger partial charge in [0.25, 0.3) is 5.91 Å². The molecule has 1 saturated carbocycles. The molecule has 0 radical (unpaired) electrons. The lowest BCUT2D eigenvalue weighted by Gasteiger charge is -2.27. The van der Waals surface area contributed by atoms with Crippen LogP contribution in [-0.4, -0.2) is 17.3 Å². The number of amides is 1. The maximum absolute atomic E-state index is 12.0. The second-order valence-electron chi connectivity index (χ2n) is 4.51. The zero-order valence-corrected chi connectivity index (χ0v) is 13.6. The zero-order valence-electron chi connectivity index (χ0n) is 9.72. The number of hydrogen-bond acceptors (Lipinski definition) is 2. The molecule has 1 aromatic heterocycles. The SMILES string of the molecule is O=C(NCC1CCCCC1Br)c1cc(Cl)sc1Cl. The third-order valence-electron chi connectivity index (χ3n) is 3.24. The summed E-state index contributed by atoms with van der Waals surface area (Å²) in [6.07, 6.45) is 4.86. The van der Waals surface area contributed by atoms with Gasteiger partial charge in [-0.1, -0.05) is 52.0 Å². The van der Waals surface area contributed by atoms with Gasteiger partial charge in [0.2, 0.25) is 0 Å². The van der Waals surface area contributed by atoms with Gasteiger partial charge in [-0.15, -0.1) is 11.3 Å². The van der Waals surface area contributed by atoms with Crippen molar-refractivity contribution >= 4 is 56.4 Å². The van der Waals surface area contributed by atoms with Gasteiger partial charge in [-0.3, -0.25) is 4.79 Å². The van der Waals surface area contributed by atoms with Crippen molar-refractivity contribution in [2.75, 3.05) is 6.54 Å². The van der Waals surface area contributed by atoms with E-state index in [0.717, 1.165) is 6.42 Å². The minimum Gasteiger partial charge on any atom is -0.352 e. The third kappa shape index (κ3) is 3.62. The van der Waals surface area contributed by atoms with E-state index >= 15 is 0 Å². The highest BCUT2D eigenvalue weighted by Gasteiger charge is 2.23. The highest BCUT2D eigenvalue weighted by atomic mass is 79.9. The summed E-state index contributed by atoms with van der Waals surface area (Å²) in [6.45, 7) is 0.693. The molecule has 100 valence electrons. The Morgan fingerprint density at radius 1 is 1.44 bits per heavy atom. The molecule has 2 nitrogen and oxygen atoms in total. The Kier molecular flexibility index (Phi) is 5.36. The largest absolute Gasteiger partial charge is 0.352 e. The summed E-state index contributed by atoms with van der Waals surface area (Å²) < 4.78 is 0.998. The van der Waals surface area contributed by atoms with Crippen molar-refractivity contribution in [3.8, 4) is 0 Å². The van der Waals surface area contributed by atoms with Crippen molar-refractivity contribution in [2.24, 2.45) is 5.92 Å². The molecule has 6 heteroatoms. The Bertz CT molecular complexity index is 438. The van der Waals surface area contributed by atoms with Crippen LogP contribution in [0.2, 0.25) is 8.67 Å². The number of hydrogen-bond donors (Lipinski definition) is 1. The maximum atomic E-state index is 12.0. The molecule has 0 saturated heterocycles. The molecule has 1 fully saturated rings. The average molecular weight is 371 g/mol. The highest BCUT2D eigenvalue weighted by Crippen LogP contribution is 2.32. The summed E-state index contributed by atoms with van der Waals surface area (Å²) in [7, 11) is 0. The van der Waals surface area contributed by atoms with Gasteiger partial charge in [0.1, 0.15) is 4.34 Å². The van der Waals surface area contributed by atoms with Gasteiger partial charge in [-0.25, -0.2) is 0 Å². The first-order valence-electron chi connectivity index (χ1n) is 5.95. The molecule has 1 aromatic rings. The third-order valence-corrected chi connectivity index (χ3v) is 5.94.